The van der Waals surface area contributed by atoms with Crippen molar-refractivity contribution in [3.63, 3.8) is 0 Å². The molecule has 8 atom stereocenters. The maximum Gasteiger partial charge on any atom is 0.303 e. The van der Waals surface area contributed by atoms with Crippen molar-refractivity contribution >= 4 is 17.7 Å². The molecule has 0 aromatic carbocycles. The number of fused-ring (bicyclic) bond motifs is 5. The number of hydrogen-bond acceptors (Lipinski definition) is 5. The van der Waals surface area contributed by atoms with E-state index in [4.69, 9.17) is 9.47 Å². The Labute approximate surface area is 167 Å². The van der Waals surface area contributed by atoms with E-state index in [0.717, 1.165) is 32.1 Å². The van der Waals surface area contributed by atoms with Crippen LogP contribution in [0.15, 0.2) is 0 Å². The van der Waals surface area contributed by atoms with Gasteiger partial charge in [-0.05, 0) is 74.0 Å². The molecule has 0 amide bonds. The van der Waals surface area contributed by atoms with Crippen LogP contribution in [0, 0.1) is 34.5 Å². The Hall–Kier alpha value is -1.39. The first-order valence-electron chi connectivity index (χ1n) is 11.0. The van der Waals surface area contributed by atoms with Crippen LogP contribution in [0.2, 0.25) is 0 Å². The van der Waals surface area contributed by atoms with Gasteiger partial charge in [0, 0.05) is 25.7 Å². The molecule has 0 N–H and O–H groups in total. The van der Waals surface area contributed by atoms with Gasteiger partial charge >= 0.3 is 11.9 Å². The molecule has 0 bridgehead atoms. The molecular formula is C23H34O5. The molecule has 4 fully saturated rings. The Morgan fingerprint density at radius 3 is 2.25 bits per heavy atom. The van der Waals surface area contributed by atoms with Gasteiger partial charge in [-0.3, -0.25) is 14.4 Å². The Morgan fingerprint density at radius 1 is 0.893 bits per heavy atom. The Morgan fingerprint density at radius 2 is 1.57 bits per heavy atom. The van der Waals surface area contributed by atoms with Crippen molar-refractivity contribution in [1.82, 2.24) is 0 Å². The number of carbonyl (C=O) groups is 3. The van der Waals surface area contributed by atoms with Crippen LogP contribution < -0.4 is 0 Å². The molecule has 4 aliphatic carbocycles. The maximum absolute atomic E-state index is 12.5. The van der Waals surface area contributed by atoms with Gasteiger partial charge < -0.3 is 9.47 Å². The molecule has 4 saturated carbocycles. The lowest BCUT2D eigenvalue weighted by molar-refractivity contribution is -0.175. The summed E-state index contributed by atoms with van der Waals surface area (Å²) in [6, 6.07) is 0. The molecule has 0 aliphatic heterocycles. The molecule has 4 aliphatic rings. The summed E-state index contributed by atoms with van der Waals surface area (Å²) < 4.78 is 11.1. The number of ether oxygens (including phenoxy) is 2. The molecule has 156 valence electrons. The molecule has 5 nitrogen and oxygen atoms in total. The van der Waals surface area contributed by atoms with Crippen molar-refractivity contribution in [1.29, 1.82) is 0 Å². The number of Topliss-reactive ketones (excluding diaryl/α,β-unsaturated/α-hetero) is 1. The van der Waals surface area contributed by atoms with Gasteiger partial charge in [0.2, 0.25) is 0 Å². The lowest BCUT2D eigenvalue weighted by atomic mass is 9.45. The van der Waals surface area contributed by atoms with Crippen LogP contribution in [-0.4, -0.2) is 29.9 Å². The lowest BCUT2D eigenvalue weighted by Crippen LogP contribution is -2.56. The second kappa shape index (κ2) is 6.84. The topological polar surface area (TPSA) is 69.7 Å². The fourth-order valence-electron chi connectivity index (χ4n) is 7.73. The van der Waals surface area contributed by atoms with Crippen molar-refractivity contribution in [2.45, 2.75) is 91.3 Å². The van der Waals surface area contributed by atoms with Crippen molar-refractivity contribution in [3.05, 3.63) is 0 Å². The predicted octanol–water partition coefficient (Wildman–Crippen LogP) is 4.07. The average molecular weight is 391 g/mol. The fraction of sp³-hybridized carbons (Fsp3) is 0.870. The summed E-state index contributed by atoms with van der Waals surface area (Å²) in [5.41, 5.74) is 0.133. The molecular weight excluding hydrogens is 356 g/mol. The third kappa shape index (κ3) is 3.00. The van der Waals surface area contributed by atoms with Gasteiger partial charge in [0.15, 0.2) is 11.9 Å². The molecule has 28 heavy (non-hydrogen) atoms. The second-order valence-corrected chi connectivity index (χ2v) is 10.3. The Bertz CT molecular complexity index is 686. The van der Waals surface area contributed by atoms with Crippen LogP contribution in [0.3, 0.4) is 0 Å². The first-order chi connectivity index (χ1) is 13.1. The average Bonchev–Trinajstić information content (AvgIpc) is 2.92. The molecule has 5 heteroatoms. The van der Waals surface area contributed by atoms with E-state index in [0.29, 0.717) is 36.5 Å². The normalized spacial score (nSPS) is 47.5. The highest BCUT2D eigenvalue weighted by Crippen LogP contribution is 2.66. The first kappa shape index (κ1) is 19.9. The maximum atomic E-state index is 12.5. The summed E-state index contributed by atoms with van der Waals surface area (Å²) >= 11 is 0. The van der Waals surface area contributed by atoms with Gasteiger partial charge in [-0.15, -0.1) is 0 Å². The molecule has 0 aromatic rings. The summed E-state index contributed by atoms with van der Waals surface area (Å²) in [7, 11) is 0. The molecule has 0 heterocycles. The monoisotopic (exact) mass is 390 g/mol. The van der Waals surface area contributed by atoms with Gasteiger partial charge in [0.1, 0.15) is 6.10 Å². The van der Waals surface area contributed by atoms with Gasteiger partial charge in [-0.2, -0.15) is 0 Å². The third-order valence-corrected chi connectivity index (χ3v) is 9.03. The highest BCUT2D eigenvalue weighted by atomic mass is 16.5. The zero-order valence-electron chi connectivity index (χ0n) is 17.7. The lowest BCUT2D eigenvalue weighted by Gasteiger charge is -2.60. The van der Waals surface area contributed by atoms with Crippen molar-refractivity contribution in [2.24, 2.45) is 34.5 Å². The molecule has 0 spiro atoms. The summed E-state index contributed by atoms with van der Waals surface area (Å²) in [4.78, 5) is 35.6. The number of carbonyl (C=O) groups excluding carboxylic acids is 3. The summed E-state index contributed by atoms with van der Waals surface area (Å²) in [6.45, 7) is 7.58. The highest BCUT2D eigenvalue weighted by Gasteiger charge is 2.62. The SMILES string of the molecule is CC(=O)O[C@@H]1C[C@@]2(C)[C@H](CC[C@@H]3[C@H]2CC[C@]2(C)[C@@H]3CC[C@H]2OC(C)=O)CC1=O. The van der Waals surface area contributed by atoms with Gasteiger partial charge in [-0.1, -0.05) is 13.8 Å². The summed E-state index contributed by atoms with van der Waals surface area (Å²) in [6.07, 6.45) is 7.25. The number of ketones is 1. The zero-order chi connectivity index (χ0) is 20.3. The predicted molar refractivity (Wildman–Crippen MR) is 103 cm³/mol. The molecule has 0 aromatic heterocycles. The minimum atomic E-state index is -0.566. The van der Waals surface area contributed by atoms with E-state index in [1.807, 2.05) is 0 Å². The van der Waals surface area contributed by atoms with Crippen LogP contribution >= 0.6 is 0 Å². The minimum Gasteiger partial charge on any atom is -0.462 e. The molecule has 0 saturated heterocycles. The van der Waals surface area contributed by atoms with E-state index in [9.17, 15) is 14.4 Å². The number of esters is 2. The molecule has 0 radical (unpaired) electrons. The molecule has 4 rings (SSSR count). The van der Waals surface area contributed by atoms with Crippen LogP contribution in [0.25, 0.3) is 0 Å². The van der Waals surface area contributed by atoms with Gasteiger partial charge in [0.25, 0.3) is 0 Å². The van der Waals surface area contributed by atoms with Crippen LogP contribution in [0.5, 0.6) is 0 Å². The highest BCUT2D eigenvalue weighted by molar-refractivity contribution is 5.86. The summed E-state index contributed by atoms with van der Waals surface area (Å²) in [5, 5.41) is 0. The molecule has 0 unspecified atom stereocenters. The third-order valence-electron chi connectivity index (χ3n) is 9.03. The Balaban J connectivity index is 1.58. The van der Waals surface area contributed by atoms with Crippen LogP contribution in [0.1, 0.15) is 79.1 Å². The fourth-order valence-corrected chi connectivity index (χ4v) is 7.73. The van der Waals surface area contributed by atoms with Crippen molar-refractivity contribution in [2.75, 3.05) is 0 Å². The Kier molecular flexibility index (Phi) is 4.86. The van der Waals surface area contributed by atoms with E-state index >= 15 is 0 Å². The van der Waals surface area contributed by atoms with E-state index in [1.165, 1.54) is 20.3 Å². The number of hydrogen-bond donors (Lipinski definition) is 0. The van der Waals surface area contributed by atoms with Gasteiger partial charge in [0.05, 0.1) is 0 Å². The van der Waals surface area contributed by atoms with Crippen molar-refractivity contribution < 1.29 is 23.9 Å². The van der Waals surface area contributed by atoms with E-state index in [1.54, 1.807) is 0 Å². The zero-order valence-corrected chi connectivity index (χ0v) is 17.7. The van der Waals surface area contributed by atoms with E-state index in [-0.39, 0.29) is 34.7 Å². The largest absolute Gasteiger partial charge is 0.462 e. The second-order valence-electron chi connectivity index (χ2n) is 10.3. The van der Waals surface area contributed by atoms with Crippen LogP contribution in [0.4, 0.5) is 0 Å². The van der Waals surface area contributed by atoms with E-state index in [2.05, 4.69) is 13.8 Å². The van der Waals surface area contributed by atoms with Crippen molar-refractivity contribution in [3.8, 4) is 0 Å². The smallest absolute Gasteiger partial charge is 0.303 e. The number of rotatable bonds is 2. The minimum absolute atomic E-state index is 0.0446. The van der Waals surface area contributed by atoms with Crippen LogP contribution in [-0.2, 0) is 23.9 Å². The summed E-state index contributed by atoms with van der Waals surface area (Å²) in [5.74, 6) is 1.75. The quantitative estimate of drug-likeness (QED) is 0.665. The van der Waals surface area contributed by atoms with E-state index < -0.39 is 6.10 Å². The standard InChI is InChI=1S/C23H34O5/c1-13(24)27-20-12-23(4)15(11-19(20)26)5-6-16-17-7-8-21(28-14(2)25)22(17,3)10-9-18(16)23/h15-18,20-21H,5-12H2,1-4H3/t15-,16+,17-,18-,20-,21-,22-,23+/m1/s1. The first-order valence-corrected chi connectivity index (χ1v) is 11.0. The van der Waals surface area contributed by atoms with Gasteiger partial charge in [-0.25, -0.2) is 0 Å².